The second-order valence-electron chi connectivity index (χ2n) is 3.45. The molecule has 0 saturated carbocycles. The maximum atomic E-state index is 11.5. The zero-order valence-electron chi connectivity index (χ0n) is 8.96. The van der Waals surface area contributed by atoms with Crippen LogP contribution in [0.15, 0.2) is 23.3 Å². The standard InChI is InChI=1S/C10H16Cl2O2S/c1-9(7-11)3-5-15(13,14)6-4-10(2)8-12/h3-4H,5-8H2,1-2H3/b9-3+,10-4+. The quantitative estimate of drug-likeness (QED) is 0.550. The number of rotatable bonds is 6. The summed E-state index contributed by atoms with van der Waals surface area (Å²) in [6.07, 6.45) is 3.29. The van der Waals surface area contributed by atoms with Crippen molar-refractivity contribution in [2.24, 2.45) is 0 Å². The summed E-state index contributed by atoms with van der Waals surface area (Å²) >= 11 is 11.1. The van der Waals surface area contributed by atoms with Crippen molar-refractivity contribution in [3.63, 3.8) is 0 Å². The number of allylic oxidation sites excluding steroid dienone is 2. The minimum absolute atomic E-state index is 0.0393. The molecular formula is C10H16Cl2O2S. The third-order valence-electron chi connectivity index (χ3n) is 1.79. The highest BCUT2D eigenvalue weighted by atomic mass is 35.5. The van der Waals surface area contributed by atoms with Crippen LogP contribution >= 0.6 is 23.2 Å². The van der Waals surface area contributed by atoms with Gasteiger partial charge in [0.1, 0.15) is 0 Å². The highest BCUT2D eigenvalue weighted by molar-refractivity contribution is 7.91. The van der Waals surface area contributed by atoms with E-state index in [0.717, 1.165) is 11.1 Å². The first-order valence-corrected chi connectivity index (χ1v) is 7.44. The van der Waals surface area contributed by atoms with Gasteiger partial charge in [-0.1, -0.05) is 23.3 Å². The van der Waals surface area contributed by atoms with E-state index in [1.54, 1.807) is 12.2 Å². The van der Waals surface area contributed by atoms with Gasteiger partial charge >= 0.3 is 0 Å². The van der Waals surface area contributed by atoms with E-state index < -0.39 is 9.84 Å². The van der Waals surface area contributed by atoms with Gasteiger partial charge in [0.25, 0.3) is 0 Å². The van der Waals surface area contributed by atoms with Crippen LogP contribution in [0.5, 0.6) is 0 Å². The van der Waals surface area contributed by atoms with E-state index in [0.29, 0.717) is 11.8 Å². The van der Waals surface area contributed by atoms with Gasteiger partial charge in [-0.2, -0.15) is 0 Å². The SMILES string of the molecule is C/C(=C\CS(=O)(=O)C/C=C(\C)CCl)CCl. The largest absolute Gasteiger partial charge is 0.228 e. The highest BCUT2D eigenvalue weighted by Crippen LogP contribution is 2.02. The Kier molecular flexibility index (Phi) is 7.32. The Morgan fingerprint density at radius 2 is 1.33 bits per heavy atom. The molecule has 0 rings (SSSR count). The summed E-state index contributed by atoms with van der Waals surface area (Å²) in [5.74, 6) is 0.813. The lowest BCUT2D eigenvalue weighted by Gasteiger charge is -1.99. The molecule has 0 unspecified atom stereocenters. The third kappa shape index (κ3) is 7.88. The Labute approximate surface area is 102 Å². The molecule has 0 heterocycles. The van der Waals surface area contributed by atoms with E-state index >= 15 is 0 Å². The number of alkyl halides is 2. The molecule has 0 spiro atoms. The van der Waals surface area contributed by atoms with Crippen molar-refractivity contribution in [1.29, 1.82) is 0 Å². The van der Waals surface area contributed by atoms with E-state index in [9.17, 15) is 8.42 Å². The third-order valence-corrected chi connectivity index (χ3v) is 3.99. The molecule has 5 heteroatoms. The fourth-order valence-electron chi connectivity index (χ4n) is 0.716. The minimum atomic E-state index is -3.06. The van der Waals surface area contributed by atoms with E-state index in [-0.39, 0.29) is 11.5 Å². The molecule has 0 radical (unpaired) electrons. The first-order chi connectivity index (χ1) is 6.91. The smallest absolute Gasteiger partial charge is 0.157 e. The summed E-state index contributed by atoms with van der Waals surface area (Å²) in [4.78, 5) is 0. The first-order valence-electron chi connectivity index (χ1n) is 4.55. The van der Waals surface area contributed by atoms with Gasteiger partial charge in [-0.3, -0.25) is 0 Å². The predicted octanol–water partition coefficient (Wildman–Crippen LogP) is 2.77. The zero-order valence-corrected chi connectivity index (χ0v) is 11.3. The molecule has 0 aliphatic carbocycles. The van der Waals surface area contributed by atoms with Crippen LogP contribution in [0.4, 0.5) is 0 Å². The Hall–Kier alpha value is 0.01000. The van der Waals surface area contributed by atoms with Gasteiger partial charge in [0.2, 0.25) is 0 Å². The van der Waals surface area contributed by atoms with E-state index in [1.165, 1.54) is 0 Å². The second-order valence-corrected chi connectivity index (χ2v) is 6.13. The minimum Gasteiger partial charge on any atom is -0.228 e. The highest BCUT2D eigenvalue weighted by Gasteiger charge is 2.06. The molecule has 2 nitrogen and oxygen atoms in total. The molecule has 0 bridgehead atoms. The maximum Gasteiger partial charge on any atom is 0.157 e. The number of halogens is 2. The van der Waals surface area contributed by atoms with Crippen molar-refractivity contribution >= 4 is 33.0 Å². The maximum absolute atomic E-state index is 11.5. The molecule has 0 N–H and O–H groups in total. The van der Waals surface area contributed by atoms with Gasteiger partial charge < -0.3 is 0 Å². The number of hydrogen-bond donors (Lipinski definition) is 0. The molecule has 15 heavy (non-hydrogen) atoms. The molecule has 0 aromatic carbocycles. The Bertz CT molecular complexity index is 314. The van der Waals surface area contributed by atoms with E-state index in [4.69, 9.17) is 23.2 Å². The van der Waals surface area contributed by atoms with Gasteiger partial charge in [0.15, 0.2) is 9.84 Å². The lowest BCUT2D eigenvalue weighted by molar-refractivity contribution is 0.601. The molecule has 0 saturated heterocycles. The molecule has 0 aromatic rings. The average molecular weight is 271 g/mol. The van der Waals surface area contributed by atoms with Crippen molar-refractivity contribution < 1.29 is 8.42 Å². The van der Waals surface area contributed by atoms with Crippen molar-refractivity contribution in [3.8, 4) is 0 Å². The molecule has 0 aromatic heterocycles. The fourth-order valence-corrected chi connectivity index (χ4v) is 2.15. The summed E-state index contributed by atoms with van der Waals surface area (Å²) in [5.41, 5.74) is 1.75. The molecule has 88 valence electrons. The Morgan fingerprint density at radius 1 is 1.00 bits per heavy atom. The topological polar surface area (TPSA) is 34.1 Å². The molecule has 0 amide bonds. The molecule has 0 aliphatic heterocycles. The van der Waals surface area contributed by atoms with Crippen LogP contribution in [0.25, 0.3) is 0 Å². The first kappa shape index (κ1) is 15.0. The molecule has 0 fully saturated rings. The van der Waals surface area contributed by atoms with Crippen LogP contribution in [-0.4, -0.2) is 31.7 Å². The lowest BCUT2D eigenvalue weighted by atomic mass is 10.3. The average Bonchev–Trinajstić information content (AvgIpc) is 2.22. The van der Waals surface area contributed by atoms with Crippen LogP contribution in [0.2, 0.25) is 0 Å². The summed E-state index contributed by atoms with van der Waals surface area (Å²) in [6, 6.07) is 0. The Balaban J connectivity index is 4.33. The van der Waals surface area contributed by atoms with Crippen molar-refractivity contribution in [1.82, 2.24) is 0 Å². The lowest BCUT2D eigenvalue weighted by Crippen LogP contribution is -2.08. The zero-order chi connectivity index (χ0) is 11.9. The van der Waals surface area contributed by atoms with E-state index in [1.807, 2.05) is 13.8 Å². The normalized spacial score (nSPS) is 14.4. The summed E-state index contributed by atoms with van der Waals surface area (Å²) in [5, 5.41) is 0. The number of sulfone groups is 1. The van der Waals surface area contributed by atoms with Gasteiger partial charge in [-0.25, -0.2) is 8.42 Å². The molecule has 0 aliphatic rings. The van der Waals surface area contributed by atoms with Gasteiger partial charge in [0.05, 0.1) is 11.5 Å². The monoisotopic (exact) mass is 270 g/mol. The summed E-state index contributed by atoms with van der Waals surface area (Å²) in [6.45, 7) is 3.62. The van der Waals surface area contributed by atoms with Crippen LogP contribution in [0.3, 0.4) is 0 Å². The van der Waals surface area contributed by atoms with Gasteiger partial charge in [-0.05, 0) is 13.8 Å². The van der Waals surface area contributed by atoms with Gasteiger partial charge in [0, 0.05) is 11.8 Å². The van der Waals surface area contributed by atoms with Crippen molar-refractivity contribution in [2.45, 2.75) is 13.8 Å². The molecule has 0 atom stereocenters. The Morgan fingerprint density at radius 3 is 1.60 bits per heavy atom. The number of hydrogen-bond acceptors (Lipinski definition) is 2. The van der Waals surface area contributed by atoms with E-state index in [2.05, 4.69) is 0 Å². The summed E-state index contributed by atoms with van der Waals surface area (Å²) in [7, 11) is -3.06. The fraction of sp³-hybridized carbons (Fsp3) is 0.600. The van der Waals surface area contributed by atoms with Crippen LogP contribution in [0.1, 0.15) is 13.8 Å². The van der Waals surface area contributed by atoms with Crippen LogP contribution in [0, 0.1) is 0 Å². The predicted molar refractivity (Wildman–Crippen MR) is 67.6 cm³/mol. The van der Waals surface area contributed by atoms with Crippen molar-refractivity contribution in [3.05, 3.63) is 23.3 Å². The van der Waals surface area contributed by atoms with Crippen LogP contribution in [-0.2, 0) is 9.84 Å². The van der Waals surface area contributed by atoms with Crippen LogP contribution < -0.4 is 0 Å². The summed E-state index contributed by atoms with van der Waals surface area (Å²) < 4.78 is 23.0. The molecular weight excluding hydrogens is 255 g/mol. The van der Waals surface area contributed by atoms with Gasteiger partial charge in [-0.15, -0.1) is 23.2 Å². The second kappa shape index (κ2) is 7.31. The van der Waals surface area contributed by atoms with Crippen molar-refractivity contribution in [2.75, 3.05) is 23.3 Å².